The van der Waals surface area contributed by atoms with Crippen LogP contribution in [0.25, 0.3) is 0 Å². The molecule has 1 saturated carbocycles. The number of hydrogen-bond acceptors (Lipinski definition) is 3. The minimum atomic E-state index is -0.969. The first-order chi connectivity index (χ1) is 8.24. The Hall–Kier alpha value is -1.30. The molecule has 1 aliphatic rings. The van der Waals surface area contributed by atoms with Crippen molar-refractivity contribution in [3.63, 3.8) is 0 Å². The molecule has 0 aromatic rings. The summed E-state index contributed by atoms with van der Waals surface area (Å²) in [7, 11) is 3.89. The van der Waals surface area contributed by atoms with Gasteiger partial charge in [-0.25, -0.2) is 4.79 Å². The second kappa shape index (κ2) is 5.56. The van der Waals surface area contributed by atoms with Crippen molar-refractivity contribution >= 4 is 12.0 Å². The number of aliphatic carboxylic acids is 1. The van der Waals surface area contributed by atoms with Crippen molar-refractivity contribution in [2.24, 2.45) is 0 Å². The third kappa shape index (κ3) is 4.18. The maximum absolute atomic E-state index is 12.0. The van der Waals surface area contributed by atoms with Crippen molar-refractivity contribution in [3.8, 4) is 0 Å². The number of urea groups is 1. The number of carbonyl (C=O) groups excluding carboxylic acids is 1. The number of carboxylic acid groups (broad SMARTS) is 1. The summed E-state index contributed by atoms with van der Waals surface area (Å²) in [6.07, 6.45) is 1.80. The Morgan fingerprint density at radius 1 is 1.33 bits per heavy atom. The van der Waals surface area contributed by atoms with Crippen LogP contribution in [0.15, 0.2) is 0 Å². The second-order valence-corrected chi connectivity index (χ2v) is 5.62. The average Bonchev–Trinajstić information content (AvgIpc) is 3.06. The van der Waals surface area contributed by atoms with Gasteiger partial charge in [0.15, 0.2) is 0 Å². The van der Waals surface area contributed by atoms with Gasteiger partial charge in [0.2, 0.25) is 0 Å². The monoisotopic (exact) mass is 257 g/mol. The molecule has 0 heterocycles. The summed E-state index contributed by atoms with van der Waals surface area (Å²) in [5.74, 6) is -0.969. The zero-order valence-electron chi connectivity index (χ0n) is 11.6. The Kier molecular flexibility index (Phi) is 4.56. The van der Waals surface area contributed by atoms with E-state index in [-0.39, 0.29) is 24.2 Å². The number of nitrogens with one attached hydrogen (secondary N) is 1. The molecule has 0 bridgehead atoms. The fourth-order valence-electron chi connectivity index (χ4n) is 1.45. The summed E-state index contributed by atoms with van der Waals surface area (Å²) in [6, 6.07) is -0.182. The zero-order chi connectivity index (χ0) is 13.9. The first-order valence-electron chi connectivity index (χ1n) is 6.18. The van der Waals surface area contributed by atoms with Crippen LogP contribution in [0, 0.1) is 0 Å². The lowest BCUT2D eigenvalue weighted by atomic mass is 10.0. The highest BCUT2D eigenvalue weighted by molar-refractivity contribution is 5.80. The molecule has 0 saturated heterocycles. The average molecular weight is 257 g/mol. The molecule has 1 aliphatic carbocycles. The van der Waals surface area contributed by atoms with Crippen LogP contribution in [0.5, 0.6) is 0 Å². The molecule has 0 spiro atoms. The molecule has 0 aliphatic heterocycles. The number of amides is 2. The Morgan fingerprint density at radius 3 is 2.28 bits per heavy atom. The Balaban J connectivity index is 2.49. The SMILES string of the molecule is CN(C)C(C)(C)CNC(=O)N(CC(=O)O)C1CC1. The van der Waals surface area contributed by atoms with Crippen LogP contribution in [-0.2, 0) is 4.79 Å². The topological polar surface area (TPSA) is 72.9 Å². The number of likely N-dealkylation sites (N-methyl/N-ethyl adjacent to an activating group) is 1. The van der Waals surface area contributed by atoms with E-state index in [0.29, 0.717) is 6.54 Å². The van der Waals surface area contributed by atoms with Gasteiger partial charge in [-0.2, -0.15) is 0 Å². The third-order valence-electron chi connectivity index (χ3n) is 3.44. The first-order valence-corrected chi connectivity index (χ1v) is 6.18. The van der Waals surface area contributed by atoms with Crippen LogP contribution in [0.4, 0.5) is 4.79 Å². The maximum atomic E-state index is 12.0. The van der Waals surface area contributed by atoms with Crippen molar-refractivity contribution in [3.05, 3.63) is 0 Å². The number of hydrogen-bond donors (Lipinski definition) is 2. The minimum absolute atomic E-state index is 0.101. The molecule has 6 nitrogen and oxygen atoms in total. The van der Waals surface area contributed by atoms with Crippen LogP contribution in [0.3, 0.4) is 0 Å². The molecule has 6 heteroatoms. The van der Waals surface area contributed by atoms with E-state index < -0.39 is 5.97 Å². The standard InChI is InChI=1S/C12H23N3O3/c1-12(2,14(3)4)8-13-11(18)15(7-10(16)17)9-5-6-9/h9H,5-8H2,1-4H3,(H,13,18)(H,16,17). The summed E-state index contributed by atoms with van der Waals surface area (Å²) >= 11 is 0. The maximum Gasteiger partial charge on any atom is 0.323 e. The summed E-state index contributed by atoms with van der Waals surface area (Å²) < 4.78 is 0. The largest absolute Gasteiger partial charge is 0.480 e. The molecule has 0 radical (unpaired) electrons. The molecule has 0 aromatic carbocycles. The molecule has 18 heavy (non-hydrogen) atoms. The molecular weight excluding hydrogens is 234 g/mol. The smallest absolute Gasteiger partial charge is 0.323 e. The molecule has 2 amide bonds. The minimum Gasteiger partial charge on any atom is -0.480 e. The van der Waals surface area contributed by atoms with Crippen molar-refractivity contribution < 1.29 is 14.7 Å². The van der Waals surface area contributed by atoms with Crippen LogP contribution < -0.4 is 5.32 Å². The van der Waals surface area contributed by atoms with E-state index in [0.717, 1.165) is 12.8 Å². The highest BCUT2D eigenvalue weighted by atomic mass is 16.4. The van der Waals surface area contributed by atoms with Gasteiger partial charge >= 0.3 is 12.0 Å². The molecule has 0 unspecified atom stereocenters. The summed E-state index contributed by atoms with van der Waals surface area (Å²) in [6.45, 7) is 4.30. The lowest BCUT2D eigenvalue weighted by Crippen LogP contribution is -2.52. The fourth-order valence-corrected chi connectivity index (χ4v) is 1.45. The third-order valence-corrected chi connectivity index (χ3v) is 3.44. The van der Waals surface area contributed by atoms with Crippen molar-refractivity contribution in [2.75, 3.05) is 27.2 Å². The number of carboxylic acids is 1. The van der Waals surface area contributed by atoms with Crippen LogP contribution in [0.2, 0.25) is 0 Å². The number of rotatable bonds is 6. The quantitative estimate of drug-likeness (QED) is 0.730. The van der Waals surface area contributed by atoms with Crippen molar-refractivity contribution in [1.29, 1.82) is 0 Å². The highest BCUT2D eigenvalue weighted by Gasteiger charge is 2.34. The van der Waals surface area contributed by atoms with Gasteiger partial charge in [-0.15, -0.1) is 0 Å². The van der Waals surface area contributed by atoms with Crippen LogP contribution >= 0.6 is 0 Å². The molecule has 0 aromatic heterocycles. The number of nitrogens with zero attached hydrogens (tertiary/aromatic N) is 2. The lowest BCUT2D eigenvalue weighted by Gasteiger charge is -2.33. The van der Waals surface area contributed by atoms with Gasteiger partial charge in [0.05, 0.1) is 0 Å². The summed E-state index contributed by atoms with van der Waals surface area (Å²) in [5, 5.41) is 11.6. The van der Waals surface area contributed by atoms with E-state index in [1.807, 2.05) is 32.8 Å². The summed E-state index contributed by atoms with van der Waals surface area (Å²) in [5.41, 5.74) is -0.159. The molecule has 1 fully saturated rings. The van der Waals surface area contributed by atoms with Crippen molar-refractivity contribution in [1.82, 2.24) is 15.1 Å². The molecule has 104 valence electrons. The van der Waals surface area contributed by atoms with E-state index >= 15 is 0 Å². The number of carbonyl (C=O) groups is 2. The van der Waals surface area contributed by atoms with E-state index in [2.05, 4.69) is 5.32 Å². The lowest BCUT2D eigenvalue weighted by molar-refractivity contribution is -0.137. The Bertz CT molecular complexity index is 325. The van der Waals surface area contributed by atoms with E-state index in [1.54, 1.807) is 0 Å². The molecule has 1 rings (SSSR count). The zero-order valence-corrected chi connectivity index (χ0v) is 11.6. The Labute approximate surface area is 108 Å². The highest BCUT2D eigenvalue weighted by Crippen LogP contribution is 2.26. The second-order valence-electron chi connectivity index (χ2n) is 5.62. The van der Waals surface area contributed by atoms with E-state index in [4.69, 9.17) is 5.11 Å². The molecule has 0 atom stereocenters. The van der Waals surface area contributed by atoms with E-state index in [1.165, 1.54) is 4.90 Å². The van der Waals surface area contributed by atoms with Gasteiger partial charge in [-0.1, -0.05) is 0 Å². The molecule has 2 N–H and O–H groups in total. The van der Waals surface area contributed by atoms with Gasteiger partial charge in [0.1, 0.15) is 6.54 Å². The molecular formula is C12H23N3O3. The van der Waals surface area contributed by atoms with E-state index in [9.17, 15) is 9.59 Å². The van der Waals surface area contributed by atoms with Gasteiger partial charge < -0.3 is 20.2 Å². The summed E-state index contributed by atoms with van der Waals surface area (Å²) in [4.78, 5) is 26.1. The Morgan fingerprint density at radius 2 is 1.89 bits per heavy atom. The van der Waals surface area contributed by atoms with Crippen molar-refractivity contribution in [2.45, 2.75) is 38.3 Å². The van der Waals surface area contributed by atoms with Gasteiger partial charge in [-0.3, -0.25) is 4.79 Å². The predicted octanol–water partition coefficient (Wildman–Crippen LogP) is 0.585. The normalized spacial score (nSPS) is 15.6. The van der Waals surface area contributed by atoms with Crippen LogP contribution in [-0.4, -0.2) is 65.7 Å². The first kappa shape index (κ1) is 14.8. The fraction of sp³-hybridized carbons (Fsp3) is 0.833. The van der Waals surface area contributed by atoms with Gasteiger partial charge in [-0.05, 0) is 40.8 Å². The van der Waals surface area contributed by atoms with Gasteiger partial charge in [0.25, 0.3) is 0 Å². The van der Waals surface area contributed by atoms with Crippen LogP contribution in [0.1, 0.15) is 26.7 Å². The van der Waals surface area contributed by atoms with Gasteiger partial charge in [0, 0.05) is 18.1 Å². The predicted molar refractivity (Wildman–Crippen MR) is 68.5 cm³/mol.